The fraction of sp³-hybridized carbons (Fsp3) is 0.667. The number of benzene rings is 1. The molecule has 0 spiro atoms. The van der Waals surface area contributed by atoms with E-state index in [0.29, 0.717) is 12.2 Å². The summed E-state index contributed by atoms with van der Waals surface area (Å²) in [5.74, 6) is 0.498. The van der Waals surface area contributed by atoms with Gasteiger partial charge in [0, 0.05) is 18.7 Å². The van der Waals surface area contributed by atoms with Crippen LogP contribution in [0.5, 0.6) is 0 Å². The quantitative estimate of drug-likeness (QED) is 0.100. The van der Waals surface area contributed by atoms with Crippen LogP contribution < -0.4 is 5.32 Å². The summed E-state index contributed by atoms with van der Waals surface area (Å²) >= 11 is 1.35. The number of aliphatic hydroxyl groups excluding tert-OH is 3. The molecule has 2 rings (SSSR count). The summed E-state index contributed by atoms with van der Waals surface area (Å²) in [5.41, 5.74) is 0.390. The Balaban J connectivity index is 1.52. The van der Waals surface area contributed by atoms with Gasteiger partial charge in [0.1, 0.15) is 29.9 Å². The van der Waals surface area contributed by atoms with E-state index < -0.39 is 29.9 Å². The third kappa shape index (κ3) is 14.8. The Morgan fingerprint density at radius 1 is 0.825 bits per heavy atom. The fourth-order valence-electron chi connectivity index (χ4n) is 4.78. The van der Waals surface area contributed by atoms with Gasteiger partial charge in [-0.05, 0) is 37.7 Å². The third-order valence-electron chi connectivity index (χ3n) is 7.30. The number of aliphatic hydroxyl groups is 3. The highest BCUT2D eigenvalue weighted by atomic mass is 32.2. The Morgan fingerprint density at radius 3 is 2.12 bits per heavy atom. The van der Waals surface area contributed by atoms with Crippen molar-refractivity contribution in [2.45, 2.75) is 127 Å². The van der Waals surface area contributed by atoms with E-state index in [2.05, 4.69) is 24.4 Å². The van der Waals surface area contributed by atoms with Crippen molar-refractivity contribution in [1.82, 2.24) is 5.32 Å². The molecule has 1 aromatic rings. The van der Waals surface area contributed by atoms with Gasteiger partial charge in [-0.15, -0.1) is 11.8 Å². The second-order valence-electron chi connectivity index (χ2n) is 10.8. The first kappa shape index (κ1) is 34.6. The van der Waals surface area contributed by atoms with Crippen molar-refractivity contribution in [3.63, 3.8) is 0 Å². The number of nitrogens with one attached hydrogen (secondary N) is 1. The number of carbonyl (C=O) groups is 1. The molecule has 1 aromatic carbocycles. The van der Waals surface area contributed by atoms with Crippen LogP contribution in [0.3, 0.4) is 0 Å². The average molecular weight is 576 g/mol. The molecule has 1 amide bonds. The van der Waals surface area contributed by atoms with Crippen LogP contribution >= 0.6 is 11.8 Å². The summed E-state index contributed by atoms with van der Waals surface area (Å²) < 4.78 is 5.86. The molecule has 0 radical (unpaired) electrons. The third-order valence-corrected chi connectivity index (χ3v) is 8.40. The van der Waals surface area contributed by atoms with Gasteiger partial charge in [0.25, 0.3) is 0 Å². The van der Waals surface area contributed by atoms with Gasteiger partial charge in [0.15, 0.2) is 0 Å². The van der Waals surface area contributed by atoms with Crippen LogP contribution in [-0.4, -0.2) is 63.4 Å². The highest BCUT2D eigenvalue weighted by Gasteiger charge is 2.43. The summed E-state index contributed by atoms with van der Waals surface area (Å²) in [6.07, 6.45) is 20.3. The van der Waals surface area contributed by atoms with Gasteiger partial charge in [-0.2, -0.15) is 0 Å². The number of hydrogen-bond donors (Lipinski definition) is 4. The van der Waals surface area contributed by atoms with Crippen LogP contribution in [0.1, 0.15) is 102 Å². The van der Waals surface area contributed by atoms with Gasteiger partial charge in [-0.1, -0.05) is 113 Å². The number of ether oxygens (including phenoxy) is 1. The van der Waals surface area contributed by atoms with Crippen LogP contribution in [0, 0.1) is 0 Å². The van der Waals surface area contributed by atoms with Crippen molar-refractivity contribution in [2.24, 2.45) is 0 Å². The molecule has 5 atom stereocenters. The first-order valence-corrected chi connectivity index (χ1v) is 16.5. The van der Waals surface area contributed by atoms with Crippen LogP contribution in [-0.2, 0) is 9.53 Å². The first-order valence-electron chi connectivity index (χ1n) is 15.5. The van der Waals surface area contributed by atoms with E-state index in [1.807, 2.05) is 42.5 Å². The van der Waals surface area contributed by atoms with E-state index in [0.717, 1.165) is 31.2 Å². The van der Waals surface area contributed by atoms with Crippen molar-refractivity contribution in [3.8, 4) is 0 Å². The lowest BCUT2D eigenvalue weighted by molar-refractivity contribution is -0.196. The predicted octanol–water partition coefficient (Wildman–Crippen LogP) is 6.39. The maximum absolute atomic E-state index is 12.3. The molecule has 1 aliphatic heterocycles. The van der Waals surface area contributed by atoms with Gasteiger partial charge in [0.2, 0.25) is 5.91 Å². The molecule has 0 unspecified atom stereocenters. The molecule has 226 valence electrons. The minimum atomic E-state index is -1.32. The Morgan fingerprint density at radius 2 is 1.45 bits per heavy atom. The SMILES string of the molecule is CCCCCCCC/C=C\CCCCCCCC(=O)NC[C@H]1O[C@H](SCC=Cc2ccccc2)[C@@H](O)[C@@H](O)[C@@H]1O. The van der Waals surface area contributed by atoms with E-state index in [4.69, 9.17) is 4.74 Å². The van der Waals surface area contributed by atoms with Crippen LogP contribution in [0.15, 0.2) is 48.6 Å². The first-order chi connectivity index (χ1) is 19.5. The summed E-state index contributed by atoms with van der Waals surface area (Å²) in [7, 11) is 0. The maximum atomic E-state index is 12.3. The molecule has 4 N–H and O–H groups in total. The minimum Gasteiger partial charge on any atom is -0.388 e. The number of unbranched alkanes of at least 4 members (excludes halogenated alkanes) is 11. The number of allylic oxidation sites excluding steroid dienone is 2. The standard InChI is InChI=1S/C33H53NO5S/c1-2-3-4-5-6-7-8-9-10-11-12-13-14-15-19-24-29(35)34-26-28-30(36)31(37)32(38)33(39-28)40-25-20-23-27-21-17-16-18-22-27/h9-10,16-18,20-23,28,30-33,36-38H,2-8,11-15,19,24-26H2,1H3,(H,34,35)/b10-9-,23-20?/t28-,30-,31+,32+,33-/m1/s1. The van der Waals surface area contributed by atoms with E-state index >= 15 is 0 Å². The number of hydrogen-bond acceptors (Lipinski definition) is 6. The summed E-state index contributed by atoms with van der Waals surface area (Å²) in [6, 6.07) is 9.90. The lowest BCUT2D eigenvalue weighted by Crippen LogP contribution is -2.59. The lowest BCUT2D eigenvalue weighted by Gasteiger charge is -2.40. The lowest BCUT2D eigenvalue weighted by atomic mass is 10.00. The molecule has 7 heteroatoms. The Bertz CT molecular complexity index is 833. The zero-order valence-corrected chi connectivity index (χ0v) is 25.3. The van der Waals surface area contributed by atoms with Gasteiger partial charge < -0.3 is 25.4 Å². The van der Waals surface area contributed by atoms with Crippen molar-refractivity contribution in [2.75, 3.05) is 12.3 Å². The van der Waals surface area contributed by atoms with Crippen LogP contribution in [0.4, 0.5) is 0 Å². The van der Waals surface area contributed by atoms with E-state index in [1.165, 1.54) is 69.5 Å². The molecule has 1 fully saturated rings. The zero-order valence-electron chi connectivity index (χ0n) is 24.5. The molecule has 0 aromatic heterocycles. The number of rotatable bonds is 21. The molecule has 6 nitrogen and oxygen atoms in total. The Labute approximate surface area is 246 Å². The second kappa shape index (κ2) is 22.0. The summed E-state index contributed by atoms with van der Waals surface area (Å²) in [5, 5.41) is 33.9. The highest BCUT2D eigenvalue weighted by molar-refractivity contribution is 7.99. The average Bonchev–Trinajstić information content (AvgIpc) is 2.97. The van der Waals surface area contributed by atoms with Crippen LogP contribution in [0.25, 0.3) is 6.08 Å². The highest BCUT2D eigenvalue weighted by Crippen LogP contribution is 2.28. The van der Waals surface area contributed by atoms with Crippen molar-refractivity contribution in [1.29, 1.82) is 0 Å². The van der Waals surface area contributed by atoms with Crippen molar-refractivity contribution >= 4 is 23.7 Å². The predicted molar refractivity (Wildman–Crippen MR) is 167 cm³/mol. The molecule has 0 aliphatic carbocycles. The smallest absolute Gasteiger partial charge is 0.220 e. The van der Waals surface area contributed by atoms with Gasteiger partial charge in [0.05, 0.1) is 0 Å². The Kier molecular flexibility index (Phi) is 19.0. The number of thioether (sulfide) groups is 1. The van der Waals surface area contributed by atoms with Gasteiger partial charge in [-0.25, -0.2) is 0 Å². The second-order valence-corrected chi connectivity index (χ2v) is 11.9. The number of amides is 1. The van der Waals surface area contributed by atoms with Crippen molar-refractivity contribution in [3.05, 3.63) is 54.1 Å². The molecular formula is C33H53NO5S. The van der Waals surface area contributed by atoms with Gasteiger partial charge in [-0.3, -0.25) is 4.79 Å². The molecular weight excluding hydrogens is 522 g/mol. The zero-order chi connectivity index (χ0) is 28.8. The van der Waals surface area contributed by atoms with Gasteiger partial charge >= 0.3 is 0 Å². The summed E-state index contributed by atoms with van der Waals surface area (Å²) in [4.78, 5) is 12.3. The van der Waals surface area contributed by atoms with E-state index in [9.17, 15) is 20.1 Å². The molecule has 0 saturated carbocycles. The van der Waals surface area contributed by atoms with E-state index in [1.54, 1.807) is 0 Å². The topological polar surface area (TPSA) is 99.0 Å². The molecule has 1 aliphatic rings. The fourth-order valence-corrected chi connectivity index (χ4v) is 5.76. The van der Waals surface area contributed by atoms with E-state index in [-0.39, 0.29) is 12.5 Å². The normalized spacial score (nSPS) is 23.2. The van der Waals surface area contributed by atoms with Crippen LogP contribution in [0.2, 0.25) is 0 Å². The monoisotopic (exact) mass is 575 g/mol. The Hall–Kier alpha value is -1.64. The number of carbonyl (C=O) groups excluding carboxylic acids is 1. The maximum Gasteiger partial charge on any atom is 0.220 e. The molecule has 1 heterocycles. The molecule has 40 heavy (non-hydrogen) atoms. The summed E-state index contributed by atoms with van der Waals surface area (Å²) in [6.45, 7) is 2.36. The largest absolute Gasteiger partial charge is 0.388 e. The molecule has 1 saturated heterocycles. The van der Waals surface area contributed by atoms with Crippen molar-refractivity contribution < 1.29 is 24.9 Å². The minimum absolute atomic E-state index is 0.0796. The molecule has 0 bridgehead atoms.